The first kappa shape index (κ1) is 10.2. The molecule has 4 heteroatoms. The lowest BCUT2D eigenvalue weighted by molar-refractivity contribution is 0.0241. The van der Waals surface area contributed by atoms with Gasteiger partial charge in [-0.05, 0) is 18.8 Å². The lowest BCUT2D eigenvalue weighted by Gasteiger charge is -2.43. The molecule has 0 aromatic heterocycles. The Balaban J connectivity index is 0.000000720. The van der Waals surface area contributed by atoms with Gasteiger partial charge in [-0.3, -0.25) is 0 Å². The quantitative estimate of drug-likeness (QED) is 0.731. The van der Waals surface area contributed by atoms with Gasteiger partial charge in [-0.15, -0.1) is 12.4 Å². The summed E-state index contributed by atoms with van der Waals surface area (Å²) in [5.41, 5.74) is -0.00579. The minimum absolute atomic E-state index is 0. The molecule has 2 rings (SSSR count). The van der Waals surface area contributed by atoms with Gasteiger partial charge in [0.15, 0.2) is 0 Å². The van der Waals surface area contributed by atoms with Crippen molar-refractivity contribution in [3.8, 4) is 0 Å². The van der Waals surface area contributed by atoms with E-state index >= 15 is 0 Å². The van der Waals surface area contributed by atoms with Crippen LogP contribution in [-0.2, 0) is 0 Å². The predicted molar refractivity (Wildman–Crippen MR) is 45.9 cm³/mol. The molecule has 1 saturated heterocycles. The summed E-state index contributed by atoms with van der Waals surface area (Å²) in [6, 6.07) is 0. The number of rotatable bonds is 3. The Morgan fingerprint density at radius 3 is 2.17 bits per heavy atom. The molecule has 1 aliphatic heterocycles. The molecule has 0 unspecified atom stereocenters. The standard InChI is InChI=1S/C8H13F2N.ClH/c9-7(10)3-8(4-11-5-8)6-1-2-6;/h6-7,11H,1-5H2;1H. The summed E-state index contributed by atoms with van der Waals surface area (Å²) < 4.78 is 24.2. The SMILES string of the molecule is Cl.FC(F)CC1(C2CC2)CNC1. The highest BCUT2D eigenvalue weighted by Crippen LogP contribution is 2.50. The van der Waals surface area contributed by atoms with Gasteiger partial charge >= 0.3 is 0 Å². The third-order valence-corrected chi connectivity index (χ3v) is 2.96. The second kappa shape index (κ2) is 3.46. The maximum atomic E-state index is 12.1. The van der Waals surface area contributed by atoms with Crippen molar-refractivity contribution < 1.29 is 8.78 Å². The Bertz CT molecular complexity index is 155. The molecular formula is C8H14ClF2N. The minimum atomic E-state index is -2.11. The van der Waals surface area contributed by atoms with Crippen LogP contribution in [0.15, 0.2) is 0 Å². The van der Waals surface area contributed by atoms with E-state index in [-0.39, 0.29) is 24.2 Å². The van der Waals surface area contributed by atoms with Gasteiger partial charge in [-0.1, -0.05) is 0 Å². The first-order valence-electron chi connectivity index (χ1n) is 4.22. The molecule has 12 heavy (non-hydrogen) atoms. The highest BCUT2D eigenvalue weighted by Gasteiger charge is 2.50. The molecule has 1 heterocycles. The Hall–Kier alpha value is 0.110. The summed E-state index contributed by atoms with van der Waals surface area (Å²) in [5.74, 6) is 0.609. The van der Waals surface area contributed by atoms with Crippen molar-refractivity contribution in [3.05, 3.63) is 0 Å². The molecular weight excluding hydrogens is 184 g/mol. The fraction of sp³-hybridized carbons (Fsp3) is 1.00. The third kappa shape index (κ3) is 1.72. The van der Waals surface area contributed by atoms with Crippen LogP contribution in [0.2, 0.25) is 0 Å². The van der Waals surface area contributed by atoms with Crippen molar-refractivity contribution in [2.24, 2.45) is 11.3 Å². The van der Waals surface area contributed by atoms with Gasteiger partial charge in [0.1, 0.15) is 0 Å². The average Bonchev–Trinajstić information content (AvgIpc) is 2.59. The molecule has 0 aromatic rings. The molecule has 1 saturated carbocycles. The van der Waals surface area contributed by atoms with E-state index in [1.54, 1.807) is 0 Å². The Morgan fingerprint density at radius 1 is 1.33 bits per heavy atom. The Labute approximate surface area is 77.3 Å². The summed E-state index contributed by atoms with van der Waals surface area (Å²) in [6.45, 7) is 1.64. The van der Waals surface area contributed by atoms with Gasteiger partial charge in [0.25, 0.3) is 0 Å². The van der Waals surface area contributed by atoms with E-state index in [4.69, 9.17) is 0 Å². The van der Waals surface area contributed by atoms with Crippen LogP contribution in [0.4, 0.5) is 8.78 Å². The van der Waals surface area contributed by atoms with Crippen molar-refractivity contribution >= 4 is 12.4 Å². The summed E-state index contributed by atoms with van der Waals surface area (Å²) in [7, 11) is 0. The predicted octanol–water partition coefficient (Wildman–Crippen LogP) is 2.06. The van der Waals surface area contributed by atoms with Crippen LogP contribution in [0.1, 0.15) is 19.3 Å². The zero-order valence-electron chi connectivity index (χ0n) is 6.85. The van der Waals surface area contributed by atoms with Crippen LogP contribution in [0.5, 0.6) is 0 Å². The van der Waals surface area contributed by atoms with Crippen molar-refractivity contribution in [1.29, 1.82) is 0 Å². The number of alkyl halides is 2. The molecule has 1 nitrogen and oxygen atoms in total. The van der Waals surface area contributed by atoms with Crippen LogP contribution in [0.3, 0.4) is 0 Å². The maximum absolute atomic E-state index is 12.1. The summed E-state index contributed by atoms with van der Waals surface area (Å²) in [6.07, 6.45) is 0.353. The van der Waals surface area contributed by atoms with E-state index in [0.29, 0.717) is 5.92 Å². The molecule has 0 bridgehead atoms. The molecule has 72 valence electrons. The maximum Gasteiger partial charge on any atom is 0.239 e. The van der Waals surface area contributed by atoms with E-state index in [1.807, 2.05) is 0 Å². The summed E-state index contributed by atoms with van der Waals surface area (Å²) >= 11 is 0. The Morgan fingerprint density at radius 2 is 1.92 bits per heavy atom. The van der Waals surface area contributed by atoms with Crippen molar-refractivity contribution in [3.63, 3.8) is 0 Å². The lowest BCUT2D eigenvalue weighted by Crippen LogP contribution is -2.55. The van der Waals surface area contributed by atoms with Gasteiger partial charge in [0.2, 0.25) is 6.43 Å². The smallest absolute Gasteiger partial charge is 0.239 e. The molecule has 0 atom stereocenters. The van der Waals surface area contributed by atoms with Gasteiger partial charge < -0.3 is 5.32 Å². The average molecular weight is 198 g/mol. The van der Waals surface area contributed by atoms with E-state index in [9.17, 15) is 8.78 Å². The van der Waals surface area contributed by atoms with Crippen LogP contribution < -0.4 is 5.32 Å². The molecule has 2 aliphatic rings. The molecule has 0 radical (unpaired) electrons. The van der Waals surface area contributed by atoms with Crippen molar-refractivity contribution in [1.82, 2.24) is 5.32 Å². The Kier molecular flexibility index (Phi) is 2.94. The van der Waals surface area contributed by atoms with Crippen LogP contribution >= 0.6 is 12.4 Å². The highest BCUT2D eigenvalue weighted by molar-refractivity contribution is 5.85. The van der Waals surface area contributed by atoms with Gasteiger partial charge in [-0.2, -0.15) is 0 Å². The number of halogens is 3. The molecule has 1 N–H and O–H groups in total. The van der Waals surface area contributed by atoms with Gasteiger partial charge in [-0.25, -0.2) is 8.78 Å². The minimum Gasteiger partial charge on any atom is -0.316 e. The van der Waals surface area contributed by atoms with E-state index in [0.717, 1.165) is 13.1 Å². The molecule has 0 spiro atoms. The lowest BCUT2D eigenvalue weighted by atomic mass is 9.74. The zero-order valence-corrected chi connectivity index (χ0v) is 7.67. The fourth-order valence-electron chi connectivity index (χ4n) is 2.05. The van der Waals surface area contributed by atoms with Gasteiger partial charge in [0, 0.05) is 24.9 Å². The second-order valence-corrected chi connectivity index (χ2v) is 3.84. The van der Waals surface area contributed by atoms with Gasteiger partial charge in [0.05, 0.1) is 0 Å². The van der Waals surface area contributed by atoms with Crippen LogP contribution in [-0.4, -0.2) is 19.5 Å². The van der Waals surface area contributed by atoms with Crippen LogP contribution in [0.25, 0.3) is 0 Å². The molecule has 2 fully saturated rings. The monoisotopic (exact) mass is 197 g/mol. The topological polar surface area (TPSA) is 12.0 Å². The summed E-state index contributed by atoms with van der Waals surface area (Å²) in [5, 5.41) is 3.10. The first-order chi connectivity index (χ1) is 5.23. The third-order valence-electron chi connectivity index (χ3n) is 2.96. The molecule has 1 aliphatic carbocycles. The number of nitrogens with one attached hydrogen (secondary N) is 1. The summed E-state index contributed by atoms with van der Waals surface area (Å²) in [4.78, 5) is 0. The largest absolute Gasteiger partial charge is 0.316 e. The first-order valence-corrected chi connectivity index (χ1v) is 4.22. The van der Waals surface area contributed by atoms with E-state index in [2.05, 4.69) is 5.32 Å². The zero-order chi connectivity index (χ0) is 7.90. The van der Waals surface area contributed by atoms with Crippen LogP contribution in [0, 0.1) is 11.3 Å². The van der Waals surface area contributed by atoms with Crippen molar-refractivity contribution in [2.75, 3.05) is 13.1 Å². The molecule has 0 aromatic carbocycles. The van der Waals surface area contributed by atoms with E-state index < -0.39 is 6.43 Å². The molecule has 0 amide bonds. The second-order valence-electron chi connectivity index (χ2n) is 3.84. The van der Waals surface area contributed by atoms with E-state index in [1.165, 1.54) is 12.8 Å². The normalized spacial score (nSPS) is 26.2. The fourth-order valence-corrected chi connectivity index (χ4v) is 2.05. The van der Waals surface area contributed by atoms with Crippen molar-refractivity contribution in [2.45, 2.75) is 25.7 Å². The number of hydrogen-bond donors (Lipinski definition) is 1. The highest BCUT2D eigenvalue weighted by atomic mass is 35.5. The number of hydrogen-bond acceptors (Lipinski definition) is 1.